The zero-order chi connectivity index (χ0) is 15.6. The number of hydrogen-bond acceptors (Lipinski definition) is 4. The van der Waals surface area contributed by atoms with Gasteiger partial charge in [-0.15, -0.1) is 0 Å². The first-order valence-corrected chi connectivity index (χ1v) is 9.02. The maximum absolute atomic E-state index is 12.5. The standard InChI is InChI=1S/C14H22N2O4S/c1-9(21(2)20)7-8-16-13(18)11(10-5-3-4-6-10)12(17)15-14(16)19/h9-11H,3-8H2,1-2H3,(H,15,17,19). The molecule has 0 radical (unpaired) electrons. The van der Waals surface area contributed by atoms with Crippen LogP contribution < -0.4 is 5.32 Å². The molecule has 1 N–H and O–H groups in total. The van der Waals surface area contributed by atoms with Gasteiger partial charge >= 0.3 is 6.03 Å². The SMILES string of the molecule is CC(CCN1C(=O)NC(=O)C(C2CCCC2)C1=O)S(C)=O. The van der Waals surface area contributed by atoms with Crippen LogP contribution in [0.2, 0.25) is 0 Å². The zero-order valence-electron chi connectivity index (χ0n) is 12.5. The summed E-state index contributed by atoms with van der Waals surface area (Å²) >= 11 is 0. The molecule has 2 rings (SSSR count). The van der Waals surface area contributed by atoms with Gasteiger partial charge in [-0.25, -0.2) is 4.79 Å². The van der Waals surface area contributed by atoms with Gasteiger partial charge in [0.05, 0.1) is 0 Å². The molecular weight excluding hydrogens is 292 g/mol. The minimum absolute atomic E-state index is 0.0471. The van der Waals surface area contributed by atoms with Crippen molar-refractivity contribution in [2.45, 2.75) is 44.3 Å². The fourth-order valence-corrected chi connectivity index (χ4v) is 3.46. The second-order valence-electron chi connectivity index (χ2n) is 5.90. The summed E-state index contributed by atoms with van der Waals surface area (Å²) in [6, 6.07) is -0.645. The Hall–Kier alpha value is -1.24. The van der Waals surface area contributed by atoms with Crippen molar-refractivity contribution < 1.29 is 18.6 Å². The maximum atomic E-state index is 12.5. The van der Waals surface area contributed by atoms with E-state index in [-0.39, 0.29) is 23.6 Å². The van der Waals surface area contributed by atoms with Crippen molar-refractivity contribution in [3.63, 3.8) is 0 Å². The molecule has 3 atom stereocenters. The summed E-state index contributed by atoms with van der Waals surface area (Å²) in [5.74, 6) is -1.52. The predicted octanol–water partition coefficient (Wildman–Crippen LogP) is 1.03. The molecule has 1 heterocycles. The Balaban J connectivity index is 2.06. The summed E-state index contributed by atoms with van der Waals surface area (Å²) in [5, 5.41) is 2.20. The van der Waals surface area contributed by atoms with Crippen LogP contribution in [0, 0.1) is 11.8 Å². The van der Waals surface area contributed by atoms with E-state index >= 15 is 0 Å². The van der Waals surface area contributed by atoms with E-state index in [1.807, 2.05) is 6.92 Å². The number of barbiturate groups is 1. The van der Waals surface area contributed by atoms with Crippen molar-refractivity contribution in [3.8, 4) is 0 Å². The van der Waals surface area contributed by atoms with Gasteiger partial charge in [-0.1, -0.05) is 19.8 Å². The molecule has 21 heavy (non-hydrogen) atoms. The van der Waals surface area contributed by atoms with Gasteiger partial charge < -0.3 is 0 Å². The Bertz CT molecular complexity index is 474. The van der Waals surface area contributed by atoms with Crippen LogP contribution in [0.15, 0.2) is 0 Å². The Kier molecular flexibility index (Phi) is 5.13. The van der Waals surface area contributed by atoms with Gasteiger partial charge in [0.1, 0.15) is 5.92 Å². The third-order valence-corrected chi connectivity index (χ3v) is 5.86. The second kappa shape index (κ2) is 6.68. The fraction of sp³-hybridized carbons (Fsp3) is 0.786. The van der Waals surface area contributed by atoms with E-state index in [1.54, 1.807) is 6.26 Å². The summed E-state index contributed by atoms with van der Waals surface area (Å²) in [6.07, 6.45) is 5.87. The van der Waals surface area contributed by atoms with Gasteiger partial charge in [0.15, 0.2) is 0 Å². The van der Waals surface area contributed by atoms with E-state index in [0.29, 0.717) is 6.42 Å². The first-order valence-electron chi connectivity index (χ1n) is 7.40. The van der Waals surface area contributed by atoms with Crippen LogP contribution in [0.3, 0.4) is 0 Å². The highest BCUT2D eigenvalue weighted by molar-refractivity contribution is 7.84. The minimum Gasteiger partial charge on any atom is -0.277 e. The highest BCUT2D eigenvalue weighted by Gasteiger charge is 2.45. The summed E-state index contributed by atoms with van der Waals surface area (Å²) in [7, 11) is -0.991. The molecule has 1 saturated heterocycles. The van der Waals surface area contributed by atoms with Crippen LogP contribution in [-0.4, -0.2) is 45.0 Å². The zero-order valence-corrected chi connectivity index (χ0v) is 13.3. The summed E-state index contributed by atoms with van der Waals surface area (Å²) in [6.45, 7) is 2.03. The van der Waals surface area contributed by atoms with Crippen LogP contribution in [-0.2, 0) is 20.4 Å². The van der Waals surface area contributed by atoms with E-state index in [0.717, 1.165) is 30.6 Å². The van der Waals surface area contributed by atoms with Gasteiger partial charge in [0.2, 0.25) is 11.8 Å². The first-order chi connectivity index (χ1) is 9.91. The molecule has 1 saturated carbocycles. The molecule has 4 amide bonds. The van der Waals surface area contributed by atoms with E-state index in [9.17, 15) is 18.6 Å². The average Bonchev–Trinajstić information content (AvgIpc) is 2.91. The summed E-state index contributed by atoms with van der Waals surface area (Å²) in [4.78, 5) is 37.4. The van der Waals surface area contributed by atoms with Gasteiger partial charge in [0, 0.05) is 28.9 Å². The number of carbonyl (C=O) groups excluding carboxylic acids is 3. The van der Waals surface area contributed by atoms with Gasteiger partial charge in [-0.05, 0) is 25.2 Å². The van der Waals surface area contributed by atoms with E-state index in [1.165, 1.54) is 0 Å². The Morgan fingerprint density at radius 1 is 1.29 bits per heavy atom. The van der Waals surface area contributed by atoms with Crippen LogP contribution in [0.1, 0.15) is 39.0 Å². The van der Waals surface area contributed by atoms with Crippen LogP contribution in [0.25, 0.3) is 0 Å². The van der Waals surface area contributed by atoms with Crippen molar-refractivity contribution in [2.75, 3.05) is 12.8 Å². The highest BCUT2D eigenvalue weighted by atomic mass is 32.2. The van der Waals surface area contributed by atoms with Gasteiger partial charge in [-0.2, -0.15) is 0 Å². The Morgan fingerprint density at radius 3 is 2.48 bits per heavy atom. The third kappa shape index (κ3) is 3.51. The monoisotopic (exact) mass is 314 g/mol. The predicted molar refractivity (Wildman–Crippen MR) is 78.8 cm³/mol. The van der Waals surface area contributed by atoms with Gasteiger partial charge in [-0.3, -0.25) is 24.0 Å². The molecule has 2 fully saturated rings. The lowest BCUT2D eigenvalue weighted by Gasteiger charge is -2.33. The van der Waals surface area contributed by atoms with Crippen molar-refractivity contribution in [2.24, 2.45) is 11.8 Å². The number of rotatable bonds is 5. The largest absolute Gasteiger partial charge is 0.330 e. The quantitative estimate of drug-likeness (QED) is 0.768. The molecule has 6 nitrogen and oxygen atoms in total. The minimum atomic E-state index is -0.991. The molecule has 3 unspecified atom stereocenters. The molecular formula is C14H22N2O4S. The number of imide groups is 2. The Morgan fingerprint density at radius 2 is 1.90 bits per heavy atom. The van der Waals surface area contributed by atoms with E-state index < -0.39 is 28.7 Å². The lowest BCUT2D eigenvalue weighted by molar-refractivity contribution is -0.145. The molecule has 0 bridgehead atoms. The van der Waals surface area contributed by atoms with Crippen molar-refractivity contribution in [1.82, 2.24) is 10.2 Å². The van der Waals surface area contributed by atoms with Gasteiger partial charge in [0.25, 0.3) is 0 Å². The van der Waals surface area contributed by atoms with E-state index in [2.05, 4.69) is 5.32 Å². The second-order valence-corrected chi connectivity index (χ2v) is 7.71. The Labute approximate surface area is 127 Å². The summed E-state index contributed by atoms with van der Waals surface area (Å²) < 4.78 is 11.4. The number of carbonyl (C=O) groups is 3. The van der Waals surface area contributed by atoms with Crippen molar-refractivity contribution >= 4 is 28.6 Å². The molecule has 0 aromatic heterocycles. The fourth-order valence-electron chi connectivity index (χ4n) is 3.03. The molecule has 0 spiro atoms. The van der Waals surface area contributed by atoms with Crippen LogP contribution >= 0.6 is 0 Å². The van der Waals surface area contributed by atoms with Crippen molar-refractivity contribution in [1.29, 1.82) is 0 Å². The number of nitrogens with one attached hydrogen (secondary N) is 1. The molecule has 118 valence electrons. The lowest BCUT2D eigenvalue weighted by atomic mass is 9.87. The lowest BCUT2D eigenvalue weighted by Crippen LogP contribution is -2.59. The number of amides is 4. The molecule has 0 aromatic carbocycles. The molecule has 0 aromatic rings. The highest BCUT2D eigenvalue weighted by Crippen LogP contribution is 2.34. The molecule has 1 aliphatic heterocycles. The first kappa shape index (κ1) is 16.1. The van der Waals surface area contributed by atoms with E-state index in [4.69, 9.17) is 0 Å². The third-order valence-electron chi connectivity index (χ3n) is 4.49. The molecule has 7 heteroatoms. The molecule has 2 aliphatic rings. The number of urea groups is 1. The number of hydrogen-bond donors (Lipinski definition) is 1. The summed E-state index contributed by atoms with van der Waals surface area (Å²) in [5.41, 5.74) is 0. The molecule has 1 aliphatic carbocycles. The topological polar surface area (TPSA) is 83.6 Å². The number of nitrogens with zero attached hydrogens (tertiary/aromatic N) is 1. The van der Waals surface area contributed by atoms with Crippen LogP contribution in [0.5, 0.6) is 0 Å². The smallest absolute Gasteiger partial charge is 0.277 e. The average molecular weight is 314 g/mol. The maximum Gasteiger partial charge on any atom is 0.330 e. The van der Waals surface area contributed by atoms with Crippen molar-refractivity contribution in [3.05, 3.63) is 0 Å². The normalized spacial score (nSPS) is 26.9. The van der Waals surface area contributed by atoms with Crippen LogP contribution in [0.4, 0.5) is 4.79 Å².